The van der Waals surface area contributed by atoms with Crippen molar-refractivity contribution >= 4 is 27.3 Å². The van der Waals surface area contributed by atoms with Gasteiger partial charge in [-0.3, -0.25) is 4.79 Å². The number of hydrogen-bond donors (Lipinski definition) is 2. The van der Waals surface area contributed by atoms with Crippen LogP contribution in [0.4, 0.5) is 0 Å². The van der Waals surface area contributed by atoms with Crippen molar-refractivity contribution in [1.82, 2.24) is 10.0 Å². The van der Waals surface area contributed by atoms with E-state index in [4.69, 9.17) is 0 Å². The fourth-order valence-corrected chi connectivity index (χ4v) is 4.85. The number of hydrogen-bond acceptors (Lipinski definition) is 4. The minimum atomic E-state index is -3.62. The van der Waals surface area contributed by atoms with E-state index in [1.165, 1.54) is 17.4 Å². The topological polar surface area (TPSA) is 75.3 Å². The number of thiophene rings is 1. The second-order valence-electron chi connectivity index (χ2n) is 4.73. The molecule has 1 saturated carbocycles. The van der Waals surface area contributed by atoms with Crippen LogP contribution < -0.4 is 10.0 Å². The predicted octanol–water partition coefficient (Wildman–Crippen LogP) is 0.819. The van der Waals surface area contributed by atoms with Gasteiger partial charge in [0.2, 0.25) is 15.9 Å². The molecule has 2 saturated heterocycles. The van der Waals surface area contributed by atoms with Crippen molar-refractivity contribution in [2.45, 2.75) is 23.3 Å². The molecule has 0 radical (unpaired) electrons. The molecule has 1 amide bonds. The number of carbonyl (C=O) groups is 1. The molecule has 3 aliphatic rings. The lowest BCUT2D eigenvalue weighted by Gasteiger charge is -2.51. The number of fused-ring (bicyclic) bond motifs is 2. The van der Waals surface area contributed by atoms with Crippen LogP contribution in [0.25, 0.3) is 0 Å². The zero-order valence-electron chi connectivity index (χ0n) is 9.47. The van der Waals surface area contributed by atoms with Crippen LogP contribution in [0.2, 0.25) is 0 Å². The summed E-state index contributed by atoms with van der Waals surface area (Å²) < 4.78 is 26.8. The predicted molar refractivity (Wildman–Crippen MR) is 67.4 cm³/mol. The van der Waals surface area contributed by atoms with Crippen molar-refractivity contribution in [3.8, 4) is 0 Å². The lowest BCUT2D eigenvalue weighted by molar-refractivity contribution is -0.134. The number of piperidine rings is 2. The van der Waals surface area contributed by atoms with Gasteiger partial charge in [-0.15, -0.1) is 0 Å². The lowest BCUT2D eigenvalue weighted by Crippen LogP contribution is -2.70. The van der Waals surface area contributed by atoms with Gasteiger partial charge < -0.3 is 5.32 Å². The van der Waals surface area contributed by atoms with E-state index >= 15 is 0 Å². The first-order chi connectivity index (χ1) is 8.43. The molecule has 1 aromatic heterocycles. The first-order valence-electron chi connectivity index (χ1n) is 5.49. The summed E-state index contributed by atoms with van der Waals surface area (Å²) in [5, 5.41) is 5.87. The Morgan fingerprint density at radius 3 is 2.78 bits per heavy atom. The monoisotopic (exact) mass is 284 g/mol. The van der Waals surface area contributed by atoms with Gasteiger partial charge >= 0.3 is 0 Å². The Kier molecular flexibility index (Phi) is 2.42. The van der Waals surface area contributed by atoms with E-state index in [1.54, 1.807) is 10.8 Å². The normalized spacial score (nSPS) is 30.8. The lowest BCUT2D eigenvalue weighted by atomic mass is 9.64. The van der Waals surface area contributed by atoms with E-state index in [9.17, 15) is 13.2 Å². The second-order valence-corrected chi connectivity index (χ2v) is 7.19. The molecule has 0 unspecified atom stereocenters. The van der Waals surface area contributed by atoms with Gasteiger partial charge in [0.05, 0.1) is 4.90 Å². The summed E-state index contributed by atoms with van der Waals surface area (Å²) in [5.41, 5.74) is -0.288. The average molecular weight is 284 g/mol. The maximum atomic E-state index is 12.1. The number of carbonyl (C=O) groups excluding carboxylic acids is 1. The first kappa shape index (κ1) is 11.9. The Hall–Kier alpha value is -1.18. The molecule has 0 atom stereocenters. The number of nitrogens with one attached hydrogen (secondary N) is 2. The first-order valence-corrected chi connectivity index (χ1v) is 7.92. The minimum Gasteiger partial charge on any atom is -0.328 e. The van der Waals surface area contributed by atoms with Crippen molar-refractivity contribution in [2.24, 2.45) is 5.92 Å². The quantitative estimate of drug-likeness (QED) is 0.863. The zero-order chi connectivity index (χ0) is 13.0. The molecule has 1 aromatic rings. The molecule has 96 valence electrons. The molecule has 1 aliphatic carbocycles. The van der Waals surface area contributed by atoms with Crippen molar-refractivity contribution in [3.63, 3.8) is 0 Å². The van der Waals surface area contributed by atoms with Gasteiger partial charge in [-0.1, -0.05) is 6.58 Å². The van der Waals surface area contributed by atoms with Gasteiger partial charge in [0.25, 0.3) is 0 Å². The maximum Gasteiger partial charge on any atom is 0.245 e. The third-order valence-corrected chi connectivity index (χ3v) is 5.89. The summed E-state index contributed by atoms with van der Waals surface area (Å²) in [4.78, 5) is 12.1. The highest BCUT2D eigenvalue weighted by molar-refractivity contribution is 7.89. The van der Waals surface area contributed by atoms with Crippen molar-refractivity contribution in [1.29, 1.82) is 0 Å². The third-order valence-electron chi connectivity index (χ3n) is 3.53. The summed E-state index contributed by atoms with van der Waals surface area (Å²) in [6, 6.07) is 1.53. The number of amides is 1. The van der Waals surface area contributed by atoms with Gasteiger partial charge in [-0.25, -0.2) is 8.42 Å². The molecule has 18 heavy (non-hydrogen) atoms. The molecule has 0 spiro atoms. The highest BCUT2D eigenvalue weighted by atomic mass is 32.2. The smallest absolute Gasteiger partial charge is 0.245 e. The molecule has 3 heterocycles. The van der Waals surface area contributed by atoms with Crippen LogP contribution >= 0.6 is 11.3 Å². The molecule has 4 rings (SSSR count). The second kappa shape index (κ2) is 3.66. The van der Waals surface area contributed by atoms with Crippen LogP contribution in [-0.4, -0.2) is 19.9 Å². The molecule has 3 fully saturated rings. The zero-order valence-corrected chi connectivity index (χ0v) is 11.1. The molecule has 5 nitrogen and oxygen atoms in total. The molecule has 2 N–H and O–H groups in total. The molecule has 7 heteroatoms. The Morgan fingerprint density at radius 1 is 1.50 bits per heavy atom. The highest BCUT2D eigenvalue weighted by Gasteiger charge is 2.57. The molecule has 2 aliphatic heterocycles. The third kappa shape index (κ3) is 1.62. The summed E-state index contributed by atoms with van der Waals surface area (Å²) in [5.74, 6) is -0.110. The molecular formula is C11H12N2O3S2. The Labute approximate surface area is 109 Å². The van der Waals surface area contributed by atoms with Crippen LogP contribution in [0.15, 0.2) is 34.0 Å². The van der Waals surface area contributed by atoms with Crippen LogP contribution in [-0.2, 0) is 14.8 Å². The van der Waals surface area contributed by atoms with Gasteiger partial charge in [-0.05, 0) is 24.3 Å². The van der Waals surface area contributed by atoms with E-state index < -0.39 is 15.6 Å². The van der Waals surface area contributed by atoms with Gasteiger partial charge in [0.1, 0.15) is 5.54 Å². The fraction of sp³-hybridized carbons (Fsp3) is 0.364. The van der Waals surface area contributed by atoms with E-state index in [0.29, 0.717) is 18.5 Å². The fourth-order valence-electron chi connectivity index (χ4n) is 2.43. The Balaban J connectivity index is 1.87. The number of allylic oxidation sites excluding steroid dienone is 1. The molecular weight excluding hydrogens is 272 g/mol. The van der Waals surface area contributed by atoms with E-state index in [-0.39, 0.29) is 16.7 Å². The van der Waals surface area contributed by atoms with E-state index in [0.717, 1.165) is 0 Å². The average Bonchev–Trinajstić information content (AvgIpc) is 2.73. The standard InChI is InChI=1S/C11H12N2O3S2/c1-7-8-4-11(5-8,10(14)12-7)13-18(15,16)9-2-3-17-6-9/h2-3,6,8,13H,1,4-5H2,(H,12,14). The number of sulfonamides is 1. The number of rotatable bonds is 3. The minimum absolute atomic E-state index is 0.188. The summed E-state index contributed by atoms with van der Waals surface area (Å²) in [6.07, 6.45) is 1.00. The SMILES string of the molecule is C=C1NC(=O)C2(NS(=O)(=O)c3ccsc3)CC1C2. The Bertz CT molecular complexity index is 613. The van der Waals surface area contributed by atoms with Crippen LogP contribution in [0.3, 0.4) is 0 Å². The van der Waals surface area contributed by atoms with Crippen LogP contribution in [0, 0.1) is 5.92 Å². The van der Waals surface area contributed by atoms with Gasteiger partial charge in [0, 0.05) is 17.0 Å². The van der Waals surface area contributed by atoms with E-state index in [2.05, 4.69) is 16.6 Å². The summed E-state index contributed by atoms with van der Waals surface area (Å²) in [7, 11) is -3.62. The summed E-state index contributed by atoms with van der Waals surface area (Å²) in [6.45, 7) is 3.75. The van der Waals surface area contributed by atoms with Crippen LogP contribution in [0.1, 0.15) is 12.8 Å². The Morgan fingerprint density at radius 2 is 2.22 bits per heavy atom. The highest BCUT2D eigenvalue weighted by Crippen LogP contribution is 2.45. The van der Waals surface area contributed by atoms with Gasteiger partial charge in [0.15, 0.2) is 0 Å². The van der Waals surface area contributed by atoms with Gasteiger partial charge in [-0.2, -0.15) is 16.1 Å². The summed E-state index contributed by atoms with van der Waals surface area (Å²) >= 11 is 1.31. The van der Waals surface area contributed by atoms with Crippen molar-refractivity contribution < 1.29 is 13.2 Å². The molecule has 0 aromatic carbocycles. The van der Waals surface area contributed by atoms with Crippen LogP contribution in [0.5, 0.6) is 0 Å². The van der Waals surface area contributed by atoms with Crippen molar-refractivity contribution in [2.75, 3.05) is 0 Å². The maximum absolute atomic E-state index is 12.1. The van der Waals surface area contributed by atoms with Crippen molar-refractivity contribution in [3.05, 3.63) is 29.1 Å². The largest absolute Gasteiger partial charge is 0.328 e. The van der Waals surface area contributed by atoms with E-state index in [1.807, 2.05) is 0 Å². The molecule has 2 bridgehead atoms.